The minimum absolute atomic E-state index is 0.0402. The zero-order valence-corrected chi connectivity index (χ0v) is 27.7. The van der Waals surface area contributed by atoms with Crippen molar-refractivity contribution >= 4 is 21.8 Å². The lowest BCUT2D eigenvalue weighted by atomic mass is 9.96. The second-order valence-electron chi connectivity index (χ2n) is 13.2. The summed E-state index contributed by atoms with van der Waals surface area (Å²) >= 11 is 0. The first-order valence-electron chi connectivity index (χ1n) is 15.6. The van der Waals surface area contributed by atoms with Crippen LogP contribution in [0.1, 0.15) is 64.1 Å². The number of piperidine rings is 1. The summed E-state index contributed by atoms with van der Waals surface area (Å²) in [5.41, 5.74) is 1.92. The van der Waals surface area contributed by atoms with E-state index in [1.807, 2.05) is 50.7 Å². The predicted molar refractivity (Wildman–Crippen MR) is 170 cm³/mol. The monoisotopic (exact) mass is 636 g/mol. The minimum atomic E-state index is -3.94. The van der Waals surface area contributed by atoms with Crippen LogP contribution >= 0.6 is 0 Å². The van der Waals surface area contributed by atoms with E-state index in [1.165, 1.54) is 6.33 Å². The van der Waals surface area contributed by atoms with E-state index in [2.05, 4.69) is 20.9 Å². The van der Waals surface area contributed by atoms with Crippen molar-refractivity contribution in [3.63, 3.8) is 0 Å². The van der Waals surface area contributed by atoms with Gasteiger partial charge in [-0.1, -0.05) is 0 Å². The smallest absolute Gasteiger partial charge is 0.410 e. The summed E-state index contributed by atoms with van der Waals surface area (Å²) < 4.78 is 39.7. The maximum Gasteiger partial charge on any atom is 0.410 e. The molecule has 3 aromatic rings. The maximum atomic E-state index is 14.4. The average Bonchev–Trinajstić information content (AvgIpc) is 3.76. The third-order valence-corrected chi connectivity index (χ3v) is 10.5. The molecule has 1 aliphatic carbocycles. The topological polar surface area (TPSA) is 130 Å². The number of nitriles is 1. The Morgan fingerprint density at radius 2 is 1.76 bits per heavy atom. The highest BCUT2D eigenvalue weighted by Crippen LogP contribution is 2.37. The number of ether oxygens (including phenoxy) is 1. The summed E-state index contributed by atoms with van der Waals surface area (Å²) in [6.45, 7) is 7.47. The lowest BCUT2D eigenvalue weighted by Gasteiger charge is -2.41. The standard InChI is InChI=1S/C32H44N8O4S/c1-32(2,3)44-31(41)38-15-13-25(14-16-38)19-40(45(42,43)30-21-36(4)23-35-30)29-8-6-7-28(29)39(20-27-18-34-22-37(27)5)26-11-9-24(17-33)10-12-26/h9-12,18,21-23,25,28-29H,6-8,13-16,19-20H2,1-5H3/t28-,29+/m0/s1. The maximum absolute atomic E-state index is 14.4. The number of amides is 1. The Morgan fingerprint density at radius 1 is 1.07 bits per heavy atom. The van der Waals surface area contributed by atoms with E-state index in [1.54, 1.807) is 45.5 Å². The van der Waals surface area contributed by atoms with Crippen molar-refractivity contribution in [2.24, 2.45) is 20.0 Å². The Balaban J connectivity index is 1.45. The third-order valence-electron chi connectivity index (χ3n) is 8.75. The van der Waals surface area contributed by atoms with Gasteiger partial charge in [-0.3, -0.25) is 0 Å². The van der Waals surface area contributed by atoms with Gasteiger partial charge in [0.15, 0.2) is 5.03 Å². The Bertz CT molecular complexity index is 1610. The van der Waals surface area contributed by atoms with Crippen LogP contribution in [0.2, 0.25) is 0 Å². The van der Waals surface area contributed by atoms with Crippen molar-refractivity contribution in [1.29, 1.82) is 5.26 Å². The van der Waals surface area contributed by atoms with Crippen molar-refractivity contribution < 1.29 is 17.9 Å². The lowest BCUT2D eigenvalue weighted by Crippen LogP contribution is -2.53. The number of hydrogen-bond donors (Lipinski definition) is 0. The van der Waals surface area contributed by atoms with Gasteiger partial charge in [0.25, 0.3) is 10.0 Å². The third kappa shape index (κ3) is 7.50. The first-order chi connectivity index (χ1) is 21.4. The van der Waals surface area contributed by atoms with Crippen molar-refractivity contribution in [3.8, 4) is 6.07 Å². The molecule has 2 fully saturated rings. The Hall–Kier alpha value is -3.89. The second-order valence-corrected chi connectivity index (χ2v) is 15.0. The van der Waals surface area contributed by atoms with Crippen LogP contribution in [-0.4, -0.2) is 80.1 Å². The Morgan fingerprint density at radius 3 is 2.33 bits per heavy atom. The number of sulfonamides is 1. The minimum Gasteiger partial charge on any atom is -0.444 e. The van der Waals surface area contributed by atoms with Crippen LogP contribution in [0.4, 0.5) is 10.5 Å². The van der Waals surface area contributed by atoms with E-state index in [0.29, 0.717) is 51.0 Å². The number of aromatic nitrogens is 4. The summed E-state index contributed by atoms with van der Waals surface area (Å²) in [5, 5.41) is 9.44. The van der Waals surface area contributed by atoms with E-state index in [0.717, 1.165) is 24.2 Å². The van der Waals surface area contributed by atoms with Crippen LogP contribution in [0, 0.1) is 17.2 Å². The molecule has 0 N–H and O–H groups in total. The lowest BCUT2D eigenvalue weighted by molar-refractivity contribution is 0.0174. The molecule has 0 unspecified atom stereocenters. The van der Waals surface area contributed by atoms with E-state index < -0.39 is 15.6 Å². The molecule has 1 amide bonds. The van der Waals surface area contributed by atoms with E-state index in [9.17, 15) is 18.5 Å². The van der Waals surface area contributed by atoms with Crippen molar-refractivity contribution in [3.05, 3.63) is 60.6 Å². The summed E-state index contributed by atoms with van der Waals surface area (Å²) in [4.78, 5) is 25.3. The summed E-state index contributed by atoms with van der Waals surface area (Å²) in [5.74, 6) is 0.0730. The summed E-state index contributed by atoms with van der Waals surface area (Å²) in [6.07, 6.45) is 10.1. The first kappa shape index (κ1) is 32.5. The fourth-order valence-corrected chi connectivity index (χ4v) is 8.12. The summed E-state index contributed by atoms with van der Waals surface area (Å²) in [7, 11) is -0.221. The average molecular weight is 637 g/mol. The van der Waals surface area contributed by atoms with Gasteiger partial charge in [-0.2, -0.15) is 9.57 Å². The van der Waals surface area contributed by atoms with Crippen molar-refractivity contribution in [2.75, 3.05) is 24.5 Å². The van der Waals surface area contributed by atoms with Crippen LogP contribution in [0.3, 0.4) is 0 Å². The highest BCUT2D eigenvalue weighted by Gasteiger charge is 2.44. The highest BCUT2D eigenvalue weighted by molar-refractivity contribution is 7.89. The van der Waals surface area contributed by atoms with Gasteiger partial charge in [-0.25, -0.2) is 23.2 Å². The van der Waals surface area contributed by atoms with Crippen molar-refractivity contribution in [1.82, 2.24) is 28.3 Å². The largest absolute Gasteiger partial charge is 0.444 e. The summed E-state index contributed by atoms with van der Waals surface area (Å²) in [6, 6.07) is 9.25. The van der Waals surface area contributed by atoms with Crippen molar-refractivity contribution in [2.45, 2.75) is 82.1 Å². The van der Waals surface area contributed by atoms with Gasteiger partial charge in [0.2, 0.25) is 0 Å². The van der Waals surface area contributed by atoms with Crippen LogP contribution in [0.15, 0.2) is 54.3 Å². The van der Waals surface area contributed by atoms with E-state index in [4.69, 9.17) is 4.74 Å². The molecule has 1 saturated carbocycles. The van der Waals surface area contributed by atoms with Crippen LogP contribution in [0.25, 0.3) is 0 Å². The molecule has 2 aliphatic rings. The number of anilines is 1. The zero-order chi connectivity index (χ0) is 32.4. The molecule has 1 aliphatic heterocycles. The normalized spacial score (nSPS) is 19.5. The van der Waals surface area contributed by atoms with Crippen LogP contribution < -0.4 is 4.90 Å². The predicted octanol–water partition coefficient (Wildman–Crippen LogP) is 4.29. The molecule has 12 nitrogen and oxygen atoms in total. The number of nitrogens with zero attached hydrogens (tertiary/aromatic N) is 8. The number of carbonyl (C=O) groups is 1. The number of aryl methyl sites for hydroxylation is 2. The van der Waals surface area contributed by atoms with E-state index in [-0.39, 0.29) is 29.1 Å². The Labute approximate surface area is 266 Å². The van der Waals surface area contributed by atoms with Gasteiger partial charge < -0.3 is 23.7 Å². The molecule has 0 radical (unpaired) electrons. The van der Waals surface area contributed by atoms with Gasteiger partial charge in [-0.15, -0.1) is 0 Å². The van der Waals surface area contributed by atoms with Gasteiger partial charge in [0, 0.05) is 63.9 Å². The molecule has 2 atom stereocenters. The first-order valence-corrected chi connectivity index (χ1v) is 17.0. The molecular weight excluding hydrogens is 592 g/mol. The molecule has 1 saturated heterocycles. The Kier molecular flexibility index (Phi) is 9.55. The molecule has 0 spiro atoms. The number of benzene rings is 1. The number of rotatable bonds is 9. The molecular formula is C32H44N8O4S. The molecule has 45 heavy (non-hydrogen) atoms. The van der Waals surface area contributed by atoms with Crippen LogP contribution in [0.5, 0.6) is 0 Å². The number of imidazole rings is 2. The molecule has 2 aromatic heterocycles. The number of carbonyl (C=O) groups excluding carboxylic acids is 1. The highest BCUT2D eigenvalue weighted by atomic mass is 32.2. The molecule has 13 heteroatoms. The van der Waals surface area contributed by atoms with Gasteiger partial charge in [-0.05, 0) is 83.1 Å². The molecule has 242 valence electrons. The molecule has 0 bridgehead atoms. The van der Waals surface area contributed by atoms with Crippen LogP contribution in [-0.2, 0) is 35.4 Å². The van der Waals surface area contributed by atoms with Gasteiger partial charge in [0.05, 0.1) is 36.5 Å². The fraction of sp³-hybridized carbons (Fsp3) is 0.562. The zero-order valence-electron chi connectivity index (χ0n) is 26.8. The molecule has 5 rings (SSSR count). The number of hydrogen-bond acceptors (Lipinski definition) is 8. The molecule has 1 aromatic carbocycles. The fourth-order valence-electron chi connectivity index (χ4n) is 6.39. The number of likely N-dealkylation sites (tertiary alicyclic amines) is 1. The van der Waals surface area contributed by atoms with Gasteiger partial charge in [0.1, 0.15) is 5.60 Å². The quantitative estimate of drug-likeness (QED) is 0.340. The second kappa shape index (κ2) is 13.2. The van der Waals surface area contributed by atoms with E-state index >= 15 is 0 Å². The SMILES string of the molecule is Cn1cnc(S(=O)(=O)N(CC2CCN(C(=O)OC(C)(C)C)CC2)[C@@H]2CCC[C@@H]2N(Cc2cncn2C)c2ccc(C#N)cc2)c1. The molecule has 3 heterocycles. The van der Waals surface area contributed by atoms with Gasteiger partial charge >= 0.3 is 6.09 Å².